The van der Waals surface area contributed by atoms with Gasteiger partial charge in [0.25, 0.3) is 11.1 Å². The third-order valence-electron chi connectivity index (χ3n) is 4.31. The Kier molecular flexibility index (Phi) is 5.91. The summed E-state index contributed by atoms with van der Waals surface area (Å²) in [6.07, 6.45) is 1.55. The highest BCUT2D eigenvalue weighted by atomic mass is 32.2. The normalized spacial score (nSPS) is 16.3. The van der Waals surface area contributed by atoms with Crippen molar-refractivity contribution in [2.75, 3.05) is 12.4 Å². The molecule has 1 atom stereocenters. The van der Waals surface area contributed by atoms with Gasteiger partial charge in [-0.15, -0.1) is 21.5 Å². The smallest absolute Gasteiger partial charge is 0.338 e. The summed E-state index contributed by atoms with van der Waals surface area (Å²) in [5.41, 5.74) is 1.52. The molecule has 2 N–H and O–H groups in total. The van der Waals surface area contributed by atoms with Crippen LogP contribution >= 0.6 is 23.1 Å². The zero-order valence-electron chi connectivity index (χ0n) is 16.1. The number of rotatable bonds is 7. The summed E-state index contributed by atoms with van der Waals surface area (Å²) in [5, 5.41) is 15.8. The first-order chi connectivity index (χ1) is 14.6. The molecule has 0 aliphatic carbocycles. The van der Waals surface area contributed by atoms with E-state index in [0.29, 0.717) is 33.7 Å². The van der Waals surface area contributed by atoms with Crippen LogP contribution in [0.2, 0.25) is 0 Å². The number of hydrogen-bond donors (Lipinski definition) is 2. The zero-order valence-corrected chi connectivity index (χ0v) is 17.8. The van der Waals surface area contributed by atoms with Crippen molar-refractivity contribution in [3.8, 4) is 11.5 Å². The SMILES string of the molecule is CCOC(=O)C1=C(CSc2nnc(-c3ccoc3C)o2)NC(=O)N[C@H]1c1cccs1. The maximum absolute atomic E-state index is 12.7. The third kappa shape index (κ3) is 4.12. The van der Waals surface area contributed by atoms with Crippen molar-refractivity contribution in [1.82, 2.24) is 20.8 Å². The minimum Gasteiger partial charge on any atom is -0.469 e. The van der Waals surface area contributed by atoms with E-state index >= 15 is 0 Å². The predicted molar refractivity (Wildman–Crippen MR) is 110 cm³/mol. The Labute approximate surface area is 179 Å². The van der Waals surface area contributed by atoms with Crippen LogP contribution in [0.4, 0.5) is 4.79 Å². The van der Waals surface area contributed by atoms with Gasteiger partial charge in [0.1, 0.15) is 5.76 Å². The predicted octanol–water partition coefficient (Wildman–Crippen LogP) is 3.66. The fraction of sp³-hybridized carbons (Fsp3) is 0.263. The van der Waals surface area contributed by atoms with Gasteiger partial charge in [0.05, 0.1) is 30.0 Å². The van der Waals surface area contributed by atoms with Crippen molar-refractivity contribution in [2.45, 2.75) is 25.1 Å². The van der Waals surface area contributed by atoms with Crippen LogP contribution in [0.25, 0.3) is 11.5 Å². The molecule has 1 aliphatic heterocycles. The van der Waals surface area contributed by atoms with Crippen molar-refractivity contribution < 1.29 is 23.2 Å². The fourth-order valence-corrected chi connectivity index (χ4v) is 4.48. The number of nitrogens with zero attached hydrogens (tertiary/aromatic N) is 2. The number of aromatic nitrogens is 2. The summed E-state index contributed by atoms with van der Waals surface area (Å²) in [7, 11) is 0. The number of urea groups is 1. The lowest BCUT2D eigenvalue weighted by atomic mass is 10.0. The van der Waals surface area contributed by atoms with Crippen LogP contribution in [0, 0.1) is 6.92 Å². The third-order valence-corrected chi connectivity index (χ3v) is 6.09. The van der Waals surface area contributed by atoms with E-state index in [-0.39, 0.29) is 12.4 Å². The van der Waals surface area contributed by atoms with Crippen LogP contribution in [-0.4, -0.2) is 34.6 Å². The van der Waals surface area contributed by atoms with Crippen LogP contribution in [0.1, 0.15) is 23.6 Å². The molecular weight excluding hydrogens is 428 g/mol. The van der Waals surface area contributed by atoms with Gasteiger partial charge in [-0.1, -0.05) is 17.8 Å². The molecule has 9 nitrogen and oxygen atoms in total. The summed E-state index contributed by atoms with van der Waals surface area (Å²) in [6.45, 7) is 3.77. The molecule has 0 spiro atoms. The summed E-state index contributed by atoms with van der Waals surface area (Å²) in [5.74, 6) is 0.774. The van der Waals surface area contributed by atoms with Gasteiger partial charge in [0, 0.05) is 16.3 Å². The molecule has 1 aliphatic rings. The summed E-state index contributed by atoms with van der Waals surface area (Å²) < 4.78 is 16.2. The van der Waals surface area contributed by atoms with E-state index in [0.717, 1.165) is 4.88 Å². The first-order valence-corrected chi connectivity index (χ1v) is 10.9. The Morgan fingerprint density at radius 2 is 2.23 bits per heavy atom. The van der Waals surface area contributed by atoms with Gasteiger partial charge in [0.2, 0.25) is 0 Å². The van der Waals surface area contributed by atoms with Crippen LogP contribution in [0.5, 0.6) is 0 Å². The number of amides is 2. The molecule has 11 heteroatoms. The highest BCUT2D eigenvalue weighted by molar-refractivity contribution is 7.99. The first kappa shape index (κ1) is 20.2. The fourth-order valence-electron chi connectivity index (χ4n) is 2.97. The molecule has 0 radical (unpaired) electrons. The summed E-state index contributed by atoms with van der Waals surface area (Å²) in [4.78, 5) is 25.8. The molecular formula is C19H18N4O5S2. The number of carbonyl (C=O) groups excluding carboxylic acids is 2. The molecule has 0 fully saturated rings. The van der Waals surface area contributed by atoms with E-state index < -0.39 is 18.0 Å². The van der Waals surface area contributed by atoms with Gasteiger partial charge in [-0.3, -0.25) is 0 Å². The molecule has 3 aromatic rings. The number of thiophene rings is 1. The van der Waals surface area contributed by atoms with Gasteiger partial charge < -0.3 is 24.2 Å². The largest absolute Gasteiger partial charge is 0.469 e. The van der Waals surface area contributed by atoms with E-state index in [4.69, 9.17) is 13.6 Å². The maximum Gasteiger partial charge on any atom is 0.338 e. The van der Waals surface area contributed by atoms with Crippen LogP contribution in [0.15, 0.2) is 55.2 Å². The number of esters is 1. The van der Waals surface area contributed by atoms with Crippen LogP contribution in [0.3, 0.4) is 0 Å². The van der Waals surface area contributed by atoms with Crippen molar-refractivity contribution in [3.63, 3.8) is 0 Å². The average molecular weight is 447 g/mol. The van der Waals surface area contributed by atoms with Crippen LogP contribution in [-0.2, 0) is 9.53 Å². The standard InChI is InChI=1S/C19H18N4O5S2/c1-3-26-17(24)14-12(20-18(25)21-15(14)13-5-4-8-29-13)9-30-19-23-22-16(28-19)11-6-7-27-10(11)2/h4-8,15H,3,9H2,1-2H3,(H2,20,21,25)/t15-/m0/s1. The van der Waals surface area contributed by atoms with Gasteiger partial charge in [-0.25, -0.2) is 9.59 Å². The lowest BCUT2D eigenvalue weighted by Crippen LogP contribution is -2.46. The van der Waals surface area contributed by atoms with Crippen molar-refractivity contribution in [1.29, 1.82) is 0 Å². The van der Waals surface area contributed by atoms with Crippen molar-refractivity contribution >= 4 is 35.1 Å². The number of nitrogens with one attached hydrogen (secondary N) is 2. The lowest BCUT2D eigenvalue weighted by molar-refractivity contribution is -0.139. The molecule has 156 valence electrons. The van der Waals surface area contributed by atoms with Gasteiger partial charge >= 0.3 is 12.0 Å². The number of hydrogen-bond acceptors (Lipinski definition) is 9. The number of ether oxygens (including phenoxy) is 1. The second kappa shape index (κ2) is 8.76. The molecule has 0 unspecified atom stereocenters. The van der Waals surface area contributed by atoms with E-state index in [1.807, 2.05) is 17.5 Å². The Morgan fingerprint density at radius 3 is 2.93 bits per heavy atom. The average Bonchev–Trinajstić information content (AvgIpc) is 3.47. The highest BCUT2D eigenvalue weighted by Crippen LogP contribution is 2.33. The van der Waals surface area contributed by atoms with Crippen LogP contribution < -0.4 is 10.6 Å². The Morgan fingerprint density at radius 1 is 1.37 bits per heavy atom. The van der Waals surface area contributed by atoms with E-state index in [1.54, 1.807) is 26.2 Å². The Bertz CT molecular complexity index is 1090. The van der Waals surface area contributed by atoms with Gasteiger partial charge in [0.15, 0.2) is 0 Å². The molecule has 4 rings (SSSR count). The minimum absolute atomic E-state index is 0.227. The van der Waals surface area contributed by atoms with E-state index in [9.17, 15) is 9.59 Å². The minimum atomic E-state index is -0.583. The number of carbonyl (C=O) groups is 2. The van der Waals surface area contributed by atoms with E-state index in [2.05, 4.69) is 20.8 Å². The highest BCUT2D eigenvalue weighted by Gasteiger charge is 2.34. The number of furan rings is 1. The molecule has 2 amide bonds. The second-order valence-electron chi connectivity index (χ2n) is 6.21. The topological polar surface area (TPSA) is 119 Å². The van der Waals surface area contributed by atoms with E-state index in [1.165, 1.54) is 23.1 Å². The molecule has 0 bridgehead atoms. The maximum atomic E-state index is 12.7. The monoisotopic (exact) mass is 446 g/mol. The Hall–Kier alpha value is -3.05. The molecule has 0 aromatic carbocycles. The van der Waals surface area contributed by atoms with Gasteiger partial charge in [-0.2, -0.15) is 0 Å². The zero-order chi connectivity index (χ0) is 21.1. The molecule has 3 aromatic heterocycles. The van der Waals surface area contributed by atoms with Crippen molar-refractivity contribution in [3.05, 3.63) is 51.7 Å². The van der Waals surface area contributed by atoms with Crippen molar-refractivity contribution in [2.24, 2.45) is 0 Å². The number of thioether (sulfide) groups is 1. The first-order valence-electron chi connectivity index (χ1n) is 9.08. The summed E-state index contributed by atoms with van der Waals surface area (Å²) >= 11 is 2.67. The Balaban J connectivity index is 1.60. The second-order valence-corrected chi connectivity index (χ2v) is 8.12. The summed E-state index contributed by atoms with van der Waals surface area (Å²) in [6, 6.07) is 4.50. The number of aryl methyl sites for hydroxylation is 1. The molecule has 0 saturated carbocycles. The van der Waals surface area contributed by atoms with Gasteiger partial charge in [-0.05, 0) is 31.4 Å². The quantitative estimate of drug-likeness (QED) is 0.417. The molecule has 0 saturated heterocycles. The molecule has 4 heterocycles. The molecule has 30 heavy (non-hydrogen) atoms. The lowest BCUT2D eigenvalue weighted by Gasteiger charge is -2.28.